The van der Waals surface area contributed by atoms with Crippen LogP contribution in [0.4, 0.5) is 22.0 Å². The molecule has 0 radical (unpaired) electrons. The summed E-state index contributed by atoms with van der Waals surface area (Å²) >= 11 is 5.73. The minimum absolute atomic E-state index is 0.0820. The fourth-order valence-corrected chi connectivity index (χ4v) is 1.83. The topological polar surface area (TPSA) is 32.9 Å². The van der Waals surface area contributed by atoms with Crippen molar-refractivity contribution in [3.05, 3.63) is 35.0 Å². The highest BCUT2D eigenvalue weighted by Gasteiger charge is 2.63. The largest absolute Gasteiger partial charge is 0.461 e. The van der Waals surface area contributed by atoms with Crippen LogP contribution in [-0.4, -0.2) is 22.9 Å². The molecular formula is C11H5ClF5NO. The molecule has 1 N–H and O–H groups in total. The SMILES string of the molecule is O=C(c1c[nH]c2c(Cl)cccc12)C(F)(F)C(F)(F)F. The molecule has 0 saturated heterocycles. The van der Waals surface area contributed by atoms with Crippen LogP contribution in [0.5, 0.6) is 0 Å². The van der Waals surface area contributed by atoms with Gasteiger partial charge in [0.2, 0.25) is 5.78 Å². The maximum Gasteiger partial charge on any atom is 0.461 e. The molecule has 0 amide bonds. The van der Waals surface area contributed by atoms with Gasteiger partial charge in [-0.25, -0.2) is 0 Å². The average molecular weight is 298 g/mol. The standard InChI is InChI=1S/C11H5ClF5NO/c12-7-3-1-2-5-6(4-18-8(5)7)9(19)10(13,14)11(15,16)17/h1-4,18H. The maximum absolute atomic E-state index is 13.0. The van der Waals surface area contributed by atoms with Gasteiger partial charge in [-0.3, -0.25) is 4.79 Å². The van der Waals surface area contributed by atoms with Crippen molar-refractivity contribution >= 4 is 28.3 Å². The molecule has 8 heteroatoms. The Kier molecular flexibility index (Phi) is 3.04. The molecule has 0 atom stereocenters. The van der Waals surface area contributed by atoms with Crippen LogP contribution < -0.4 is 0 Å². The van der Waals surface area contributed by atoms with E-state index in [-0.39, 0.29) is 15.9 Å². The van der Waals surface area contributed by atoms with Crippen molar-refractivity contribution in [3.63, 3.8) is 0 Å². The normalized spacial score (nSPS) is 12.9. The van der Waals surface area contributed by atoms with Gasteiger partial charge >= 0.3 is 12.1 Å². The van der Waals surface area contributed by atoms with Crippen molar-refractivity contribution in [2.75, 3.05) is 0 Å². The number of H-pyrrole nitrogens is 1. The fraction of sp³-hybridized carbons (Fsp3) is 0.182. The van der Waals surface area contributed by atoms with Gasteiger partial charge in [0.1, 0.15) is 0 Å². The van der Waals surface area contributed by atoms with Gasteiger partial charge in [-0.15, -0.1) is 0 Å². The van der Waals surface area contributed by atoms with Crippen LogP contribution in [-0.2, 0) is 0 Å². The Hall–Kier alpha value is -1.63. The summed E-state index contributed by atoms with van der Waals surface area (Å²) in [6, 6.07) is 4.00. The summed E-state index contributed by atoms with van der Waals surface area (Å²) in [5, 5.41) is 0.0355. The Labute approximate surface area is 108 Å². The number of Topliss-reactive ketones (excluding diaryl/α,β-unsaturated/α-hetero) is 1. The molecule has 0 saturated carbocycles. The fourth-order valence-electron chi connectivity index (χ4n) is 1.60. The van der Waals surface area contributed by atoms with Crippen LogP contribution in [0.2, 0.25) is 5.02 Å². The first-order valence-electron chi connectivity index (χ1n) is 4.91. The summed E-state index contributed by atoms with van der Waals surface area (Å²) in [6.07, 6.45) is -5.15. The molecule has 0 fully saturated rings. The molecule has 0 bridgehead atoms. The molecule has 1 heterocycles. The number of alkyl halides is 5. The van der Waals surface area contributed by atoms with Crippen LogP contribution in [0.1, 0.15) is 10.4 Å². The van der Waals surface area contributed by atoms with Gasteiger partial charge in [0.05, 0.1) is 10.5 Å². The molecule has 1 aromatic carbocycles. The number of aromatic nitrogens is 1. The van der Waals surface area contributed by atoms with Crippen LogP contribution in [0.25, 0.3) is 10.9 Å². The molecule has 2 nitrogen and oxygen atoms in total. The van der Waals surface area contributed by atoms with Crippen molar-refractivity contribution in [1.82, 2.24) is 4.98 Å². The number of nitrogens with one attached hydrogen (secondary N) is 1. The zero-order valence-electron chi connectivity index (χ0n) is 8.99. The molecule has 0 spiro atoms. The summed E-state index contributed by atoms with van der Waals surface area (Å²) in [4.78, 5) is 13.8. The average Bonchev–Trinajstić information content (AvgIpc) is 2.71. The number of hydrogen-bond donors (Lipinski definition) is 1. The van der Waals surface area contributed by atoms with E-state index < -0.39 is 23.4 Å². The van der Waals surface area contributed by atoms with E-state index >= 15 is 0 Å². The monoisotopic (exact) mass is 297 g/mol. The Bertz CT molecular complexity index is 646. The van der Waals surface area contributed by atoms with E-state index in [0.717, 1.165) is 6.20 Å². The molecule has 0 unspecified atom stereocenters. The van der Waals surface area contributed by atoms with Gasteiger partial charge in [0, 0.05) is 17.1 Å². The second kappa shape index (κ2) is 4.19. The number of halogens is 6. The van der Waals surface area contributed by atoms with Crippen LogP contribution in [0.3, 0.4) is 0 Å². The molecule has 1 aromatic heterocycles. The van der Waals surface area contributed by atoms with E-state index in [1.807, 2.05) is 0 Å². The minimum atomic E-state index is -5.94. The molecular weight excluding hydrogens is 293 g/mol. The number of ketones is 1. The molecule has 0 aliphatic heterocycles. The van der Waals surface area contributed by atoms with E-state index in [0.29, 0.717) is 0 Å². The van der Waals surface area contributed by atoms with Crippen LogP contribution in [0.15, 0.2) is 24.4 Å². The summed E-state index contributed by atoms with van der Waals surface area (Å²) in [5.41, 5.74) is -0.620. The van der Waals surface area contributed by atoms with Crippen molar-refractivity contribution in [3.8, 4) is 0 Å². The summed E-state index contributed by atoms with van der Waals surface area (Å²) in [7, 11) is 0. The highest BCUT2D eigenvalue weighted by Crippen LogP contribution is 2.39. The van der Waals surface area contributed by atoms with Crippen molar-refractivity contribution in [1.29, 1.82) is 0 Å². The highest BCUT2D eigenvalue weighted by atomic mass is 35.5. The van der Waals surface area contributed by atoms with E-state index in [4.69, 9.17) is 11.6 Å². The van der Waals surface area contributed by atoms with Crippen molar-refractivity contribution in [2.45, 2.75) is 12.1 Å². The number of carbonyl (C=O) groups excluding carboxylic acids is 1. The first-order chi connectivity index (χ1) is 8.66. The molecule has 2 rings (SSSR count). The number of rotatable bonds is 2. The van der Waals surface area contributed by atoms with E-state index in [1.165, 1.54) is 18.2 Å². The van der Waals surface area contributed by atoms with Gasteiger partial charge in [0.25, 0.3) is 0 Å². The summed E-state index contributed by atoms with van der Waals surface area (Å²) in [5.74, 6) is -7.75. The molecule has 19 heavy (non-hydrogen) atoms. The van der Waals surface area contributed by atoms with Crippen molar-refractivity contribution in [2.24, 2.45) is 0 Å². The second-order valence-corrected chi connectivity index (χ2v) is 4.17. The van der Waals surface area contributed by atoms with Crippen molar-refractivity contribution < 1.29 is 26.7 Å². The third-order valence-corrected chi connectivity index (χ3v) is 2.87. The zero-order valence-corrected chi connectivity index (χ0v) is 9.74. The first-order valence-corrected chi connectivity index (χ1v) is 5.29. The molecule has 0 aliphatic carbocycles. The first kappa shape index (κ1) is 13.8. The lowest BCUT2D eigenvalue weighted by atomic mass is 10.0. The van der Waals surface area contributed by atoms with Gasteiger partial charge in [-0.2, -0.15) is 22.0 Å². The number of hydrogen-bond acceptors (Lipinski definition) is 1. The number of para-hydroxylation sites is 1. The van der Waals surface area contributed by atoms with Gasteiger partial charge in [-0.1, -0.05) is 23.7 Å². The Morgan fingerprint density at radius 3 is 2.37 bits per heavy atom. The Balaban J connectivity index is 2.58. The third-order valence-electron chi connectivity index (χ3n) is 2.55. The quantitative estimate of drug-likeness (QED) is 0.654. The zero-order chi connectivity index (χ0) is 14.4. The molecule has 2 aromatic rings. The number of aromatic amines is 1. The molecule has 0 aliphatic rings. The lowest BCUT2D eigenvalue weighted by Gasteiger charge is -2.17. The maximum atomic E-state index is 13.0. The van der Waals surface area contributed by atoms with Gasteiger partial charge in [0.15, 0.2) is 0 Å². The van der Waals surface area contributed by atoms with E-state index in [2.05, 4.69) is 4.98 Å². The summed E-state index contributed by atoms with van der Waals surface area (Å²) < 4.78 is 62.4. The lowest BCUT2D eigenvalue weighted by Crippen LogP contribution is -2.44. The third kappa shape index (κ3) is 2.07. The van der Waals surface area contributed by atoms with Gasteiger partial charge in [-0.05, 0) is 6.07 Å². The van der Waals surface area contributed by atoms with Crippen LogP contribution in [0, 0.1) is 0 Å². The lowest BCUT2D eigenvalue weighted by molar-refractivity contribution is -0.255. The Morgan fingerprint density at radius 2 is 1.79 bits per heavy atom. The number of benzene rings is 1. The van der Waals surface area contributed by atoms with E-state index in [9.17, 15) is 26.7 Å². The Morgan fingerprint density at radius 1 is 1.16 bits per heavy atom. The smallest absolute Gasteiger partial charge is 0.359 e. The summed E-state index contributed by atoms with van der Waals surface area (Å²) in [6.45, 7) is 0. The van der Waals surface area contributed by atoms with Crippen LogP contribution >= 0.6 is 11.6 Å². The highest BCUT2D eigenvalue weighted by molar-refractivity contribution is 6.35. The molecule has 102 valence electrons. The predicted molar refractivity (Wildman–Crippen MR) is 58.6 cm³/mol. The number of fused-ring (bicyclic) bond motifs is 1. The van der Waals surface area contributed by atoms with Gasteiger partial charge < -0.3 is 4.98 Å². The minimum Gasteiger partial charge on any atom is -0.359 e. The predicted octanol–water partition coefficient (Wildman–Crippen LogP) is 4.20. The van der Waals surface area contributed by atoms with E-state index in [1.54, 1.807) is 0 Å². The number of carbonyl (C=O) groups is 1. The second-order valence-electron chi connectivity index (χ2n) is 3.77.